The van der Waals surface area contributed by atoms with Gasteiger partial charge in [0, 0.05) is 28.2 Å². The molecule has 2 aromatic carbocycles. The highest BCUT2D eigenvalue weighted by molar-refractivity contribution is 6.30. The number of aromatic nitrogens is 2. The summed E-state index contributed by atoms with van der Waals surface area (Å²) in [5.74, 6) is 0.000723. The summed E-state index contributed by atoms with van der Waals surface area (Å²) in [4.78, 5) is 19.9. The number of hydrogen-bond donors (Lipinski definition) is 3. The number of carbonyl (C=O) groups is 1. The summed E-state index contributed by atoms with van der Waals surface area (Å²) < 4.78 is 0. The van der Waals surface area contributed by atoms with Gasteiger partial charge in [-0.15, -0.1) is 0 Å². The minimum Gasteiger partial charge on any atom is -0.478 e. The first-order chi connectivity index (χ1) is 12.4. The number of hydrogen-bond acceptors (Lipinski definition) is 5. The van der Waals surface area contributed by atoms with Crippen LogP contribution in [-0.2, 0) is 0 Å². The van der Waals surface area contributed by atoms with Gasteiger partial charge in [-0.2, -0.15) is 4.98 Å². The van der Waals surface area contributed by atoms with Gasteiger partial charge >= 0.3 is 5.97 Å². The van der Waals surface area contributed by atoms with Gasteiger partial charge in [0.05, 0.1) is 5.56 Å². The van der Waals surface area contributed by atoms with Crippen LogP contribution in [0, 0.1) is 13.8 Å². The number of anilines is 4. The first-order valence-corrected chi connectivity index (χ1v) is 8.28. The Morgan fingerprint density at radius 2 is 1.85 bits per heavy atom. The lowest BCUT2D eigenvalue weighted by Crippen LogP contribution is -2.04. The van der Waals surface area contributed by atoms with E-state index in [1.807, 2.05) is 32.0 Å². The Labute approximate surface area is 155 Å². The van der Waals surface area contributed by atoms with E-state index in [1.54, 1.807) is 24.3 Å². The highest BCUT2D eigenvalue weighted by Crippen LogP contribution is 2.24. The van der Waals surface area contributed by atoms with Gasteiger partial charge in [-0.3, -0.25) is 0 Å². The van der Waals surface area contributed by atoms with E-state index in [9.17, 15) is 4.79 Å². The highest BCUT2D eigenvalue weighted by atomic mass is 35.5. The van der Waals surface area contributed by atoms with Gasteiger partial charge in [0.2, 0.25) is 5.95 Å². The Morgan fingerprint density at radius 3 is 2.62 bits per heavy atom. The van der Waals surface area contributed by atoms with Crippen molar-refractivity contribution in [1.29, 1.82) is 0 Å². The molecule has 0 bridgehead atoms. The molecule has 0 spiro atoms. The molecule has 0 aliphatic rings. The Morgan fingerprint density at radius 1 is 1.04 bits per heavy atom. The summed E-state index contributed by atoms with van der Waals surface area (Å²) in [6.07, 6.45) is 0. The zero-order chi connectivity index (χ0) is 18.7. The van der Waals surface area contributed by atoms with Crippen LogP contribution in [0.5, 0.6) is 0 Å². The molecule has 0 amide bonds. The summed E-state index contributed by atoms with van der Waals surface area (Å²) in [6, 6.07) is 13.9. The van der Waals surface area contributed by atoms with Crippen LogP contribution >= 0.6 is 11.6 Å². The molecule has 3 aromatic rings. The standard InChI is InChI=1S/C19H17ClN4O2/c1-11-6-7-14(20)10-16(11)23-19-21-12(2)8-17(24-19)22-15-5-3-4-13(9-15)18(25)26/h3-10H,1-2H3,(H,25,26)(H2,21,22,23,24). The third kappa shape index (κ3) is 4.29. The van der Waals surface area contributed by atoms with Gasteiger partial charge in [-0.1, -0.05) is 23.7 Å². The van der Waals surface area contributed by atoms with Crippen LogP contribution in [0.15, 0.2) is 48.5 Å². The second kappa shape index (κ2) is 7.41. The zero-order valence-corrected chi connectivity index (χ0v) is 15.0. The molecule has 0 radical (unpaired) electrons. The summed E-state index contributed by atoms with van der Waals surface area (Å²) in [5.41, 5.74) is 3.44. The lowest BCUT2D eigenvalue weighted by atomic mass is 10.2. The molecule has 0 saturated carbocycles. The van der Waals surface area contributed by atoms with Crippen molar-refractivity contribution in [1.82, 2.24) is 9.97 Å². The third-order valence-corrected chi connectivity index (χ3v) is 3.92. The Kier molecular flexibility index (Phi) is 5.04. The molecule has 0 atom stereocenters. The summed E-state index contributed by atoms with van der Waals surface area (Å²) in [5, 5.41) is 16.0. The molecule has 0 aliphatic carbocycles. The maximum Gasteiger partial charge on any atom is 0.335 e. The quantitative estimate of drug-likeness (QED) is 0.591. The largest absolute Gasteiger partial charge is 0.478 e. The van der Waals surface area contributed by atoms with E-state index in [2.05, 4.69) is 20.6 Å². The Balaban J connectivity index is 1.87. The number of rotatable bonds is 5. The fourth-order valence-electron chi connectivity index (χ4n) is 2.42. The van der Waals surface area contributed by atoms with E-state index >= 15 is 0 Å². The maximum absolute atomic E-state index is 11.1. The Bertz CT molecular complexity index is 976. The van der Waals surface area contributed by atoms with Crippen molar-refractivity contribution >= 4 is 40.7 Å². The molecule has 26 heavy (non-hydrogen) atoms. The predicted molar refractivity (Wildman–Crippen MR) is 103 cm³/mol. The van der Waals surface area contributed by atoms with Crippen LogP contribution < -0.4 is 10.6 Å². The van der Waals surface area contributed by atoms with Gasteiger partial charge in [0.15, 0.2) is 0 Å². The SMILES string of the molecule is Cc1cc(Nc2cccc(C(=O)O)c2)nc(Nc2cc(Cl)ccc2C)n1. The molecular weight excluding hydrogens is 352 g/mol. The molecule has 1 aromatic heterocycles. The van der Waals surface area contributed by atoms with Crippen LogP contribution in [0.1, 0.15) is 21.6 Å². The number of nitrogens with zero attached hydrogens (tertiary/aromatic N) is 2. The van der Waals surface area contributed by atoms with Crippen molar-refractivity contribution in [3.05, 3.63) is 70.4 Å². The number of aryl methyl sites for hydroxylation is 2. The Hall–Kier alpha value is -3.12. The molecule has 6 nitrogen and oxygen atoms in total. The lowest BCUT2D eigenvalue weighted by Gasteiger charge is -2.12. The molecule has 0 aliphatic heterocycles. The highest BCUT2D eigenvalue weighted by Gasteiger charge is 2.07. The van der Waals surface area contributed by atoms with Crippen LogP contribution in [0.2, 0.25) is 5.02 Å². The van der Waals surface area contributed by atoms with Crippen molar-refractivity contribution in [3.8, 4) is 0 Å². The summed E-state index contributed by atoms with van der Waals surface area (Å²) in [6.45, 7) is 3.82. The van der Waals surface area contributed by atoms with Gasteiger partial charge in [-0.25, -0.2) is 9.78 Å². The number of carboxylic acids is 1. The van der Waals surface area contributed by atoms with Crippen molar-refractivity contribution in [2.24, 2.45) is 0 Å². The zero-order valence-electron chi connectivity index (χ0n) is 14.2. The maximum atomic E-state index is 11.1. The third-order valence-electron chi connectivity index (χ3n) is 3.68. The fourth-order valence-corrected chi connectivity index (χ4v) is 2.59. The average Bonchev–Trinajstić information content (AvgIpc) is 2.58. The molecule has 0 saturated heterocycles. The first kappa shape index (κ1) is 17.7. The van der Waals surface area contributed by atoms with Crippen LogP contribution in [-0.4, -0.2) is 21.0 Å². The van der Waals surface area contributed by atoms with E-state index in [0.29, 0.717) is 22.5 Å². The normalized spacial score (nSPS) is 10.4. The number of benzene rings is 2. The number of halogens is 1. The predicted octanol–water partition coefficient (Wildman–Crippen LogP) is 4.93. The van der Waals surface area contributed by atoms with Gasteiger partial charge in [0.25, 0.3) is 0 Å². The fraction of sp³-hybridized carbons (Fsp3) is 0.105. The lowest BCUT2D eigenvalue weighted by molar-refractivity contribution is 0.0697. The minimum absolute atomic E-state index is 0.202. The molecule has 132 valence electrons. The van der Waals surface area contributed by atoms with Crippen molar-refractivity contribution in [2.45, 2.75) is 13.8 Å². The van der Waals surface area contributed by atoms with E-state index in [1.165, 1.54) is 6.07 Å². The topological polar surface area (TPSA) is 87.1 Å². The molecule has 0 fully saturated rings. The summed E-state index contributed by atoms with van der Waals surface area (Å²) in [7, 11) is 0. The van der Waals surface area contributed by atoms with Crippen LogP contribution in [0.25, 0.3) is 0 Å². The molecule has 3 rings (SSSR count). The van der Waals surface area contributed by atoms with E-state index < -0.39 is 5.97 Å². The van der Waals surface area contributed by atoms with Crippen LogP contribution in [0.4, 0.5) is 23.1 Å². The van der Waals surface area contributed by atoms with Crippen molar-refractivity contribution < 1.29 is 9.90 Å². The van der Waals surface area contributed by atoms with Gasteiger partial charge < -0.3 is 15.7 Å². The van der Waals surface area contributed by atoms with Crippen LogP contribution in [0.3, 0.4) is 0 Å². The molecular formula is C19H17ClN4O2. The first-order valence-electron chi connectivity index (χ1n) is 7.90. The average molecular weight is 369 g/mol. The van der Waals surface area contributed by atoms with E-state index in [0.717, 1.165) is 16.9 Å². The molecule has 0 unspecified atom stereocenters. The second-order valence-corrected chi connectivity index (χ2v) is 6.25. The summed E-state index contributed by atoms with van der Waals surface area (Å²) >= 11 is 6.05. The molecule has 1 heterocycles. The number of carboxylic acid groups (broad SMARTS) is 1. The van der Waals surface area contributed by atoms with Gasteiger partial charge in [0.1, 0.15) is 5.82 Å². The number of nitrogens with one attached hydrogen (secondary N) is 2. The molecule has 3 N–H and O–H groups in total. The smallest absolute Gasteiger partial charge is 0.335 e. The molecule has 7 heteroatoms. The second-order valence-electron chi connectivity index (χ2n) is 5.81. The van der Waals surface area contributed by atoms with Gasteiger partial charge in [-0.05, 0) is 49.7 Å². The van der Waals surface area contributed by atoms with Crippen molar-refractivity contribution in [3.63, 3.8) is 0 Å². The monoisotopic (exact) mass is 368 g/mol. The van der Waals surface area contributed by atoms with E-state index in [4.69, 9.17) is 16.7 Å². The minimum atomic E-state index is -0.980. The number of aromatic carboxylic acids is 1. The van der Waals surface area contributed by atoms with Crippen molar-refractivity contribution in [2.75, 3.05) is 10.6 Å². The van der Waals surface area contributed by atoms with E-state index in [-0.39, 0.29) is 5.56 Å².